The Labute approximate surface area is 208 Å². The van der Waals surface area contributed by atoms with E-state index in [1.165, 1.54) is 30.5 Å². The van der Waals surface area contributed by atoms with Gasteiger partial charge in [-0.15, -0.1) is 11.6 Å². The molecule has 2 aromatic carbocycles. The Morgan fingerprint density at radius 2 is 0.972 bits per heavy atom. The Bertz CT molecular complexity index is 1140. The quantitative estimate of drug-likeness (QED) is 0.219. The van der Waals surface area contributed by atoms with Crippen molar-refractivity contribution in [1.82, 2.24) is 9.97 Å². The summed E-state index contributed by atoms with van der Waals surface area (Å²) in [4.78, 5) is 8.22. The normalized spacial score (nSPS) is 11.6. The molecule has 0 saturated heterocycles. The molecule has 0 aliphatic rings. The fourth-order valence-electron chi connectivity index (χ4n) is 3.02. The van der Waals surface area contributed by atoms with Crippen molar-refractivity contribution in [2.45, 2.75) is 24.8 Å². The molecule has 0 bridgehead atoms. The molecular weight excluding hydrogens is 506 g/mol. The summed E-state index contributed by atoms with van der Waals surface area (Å²) in [5, 5.41) is 8.86. The third-order valence-corrected chi connectivity index (χ3v) is 5.31. The summed E-state index contributed by atoms with van der Waals surface area (Å²) >= 11 is 5.63. The molecule has 0 saturated carbocycles. The molecule has 0 fully saturated rings. The zero-order valence-corrected chi connectivity index (χ0v) is 19.2. The average Bonchev–Trinajstić information content (AvgIpc) is 2.88. The molecule has 2 aromatic heterocycles. The van der Waals surface area contributed by atoms with E-state index in [-0.39, 0.29) is 6.61 Å². The van der Waals surface area contributed by atoms with Crippen LogP contribution in [0.15, 0.2) is 85.2 Å². The Morgan fingerprint density at radius 1 is 0.583 bits per heavy atom. The molecule has 2 heterocycles. The second-order valence-corrected chi connectivity index (χ2v) is 7.81. The fourth-order valence-corrected chi connectivity index (χ4v) is 3.18. The molecule has 0 unspecified atom stereocenters. The summed E-state index contributed by atoms with van der Waals surface area (Å²) < 4.78 is 74.3. The van der Waals surface area contributed by atoms with Gasteiger partial charge in [0, 0.05) is 29.4 Å². The van der Waals surface area contributed by atoms with Gasteiger partial charge in [-0.1, -0.05) is 36.4 Å². The molecule has 0 atom stereocenters. The van der Waals surface area contributed by atoms with Crippen LogP contribution in [0.25, 0.3) is 22.5 Å². The number of benzene rings is 2. The average molecular weight is 525 g/mol. The Balaban J connectivity index is 0.000000201. The minimum Gasteiger partial charge on any atom is -0.392 e. The van der Waals surface area contributed by atoms with Gasteiger partial charge in [0.1, 0.15) is 0 Å². The maximum absolute atomic E-state index is 12.4. The van der Waals surface area contributed by atoms with Crippen molar-refractivity contribution < 1.29 is 31.4 Å². The molecule has 0 aliphatic heterocycles. The first-order chi connectivity index (χ1) is 17.0. The number of aliphatic hydroxyl groups is 1. The zero-order valence-electron chi connectivity index (χ0n) is 18.5. The highest BCUT2D eigenvalue weighted by Crippen LogP contribution is 2.31. The first-order valence-electron chi connectivity index (χ1n) is 10.4. The van der Waals surface area contributed by atoms with Crippen molar-refractivity contribution >= 4 is 11.6 Å². The van der Waals surface area contributed by atoms with E-state index >= 15 is 0 Å². The van der Waals surface area contributed by atoms with Gasteiger partial charge in [0.25, 0.3) is 0 Å². The lowest BCUT2D eigenvalue weighted by Gasteiger charge is -2.07. The minimum atomic E-state index is -4.33. The molecule has 4 rings (SSSR count). The molecule has 0 spiro atoms. The molecule has 3 nitrogen and oxygen atoms in total. The number of aromatic nitrogens is 2. The third-order valence-electron chi connectivity index (χ3n) is 5.00. The van der Waals surface area contributed by atoms with Crippen LogP contribution in [0.2, 0.25) is 0 Å². The van der Waals surface area contributed by atoms with E-state index in [1.807, 2.05) is 0 Å². The molecule has 0 aliphatic carbocycles. The maximum atomic E-state index is 12.4. The molecule has 188 valence electrons. The highest BCUT2D eigenvalue weighted by Gasteiger charge is 2.30. The first kappa shape index (κ1) is 27.2. The van der Waals surface area contributed by atoms with E-state index in [2.05, 4.69) is 9.97 Å². The molecule has 4 aromatic rings. The number of nitrogens with zero attached hydrogens (tertiary/aromatic N) is 2. The van der Waals surface area contributed by atoms with Gasteiger partial charge >= 0.3 is 12.4 Å². The zero-order chi connectivity index (χ0) is 26.3. The summed E-state index contributed by atoms with van der Waals surface area (Å²) in [5.74, 6) is 0.361. The highest BCUT2D eigenvalue weighted by molar-refractivity contribution is 6.17. The van der Waals surface area contributed by atoms with Gasteiger partial charge in [0.2, 0.25) is 0 Å². The number of hydrogen-bond donors (Lipinski definition) is 1. The largest absolute Gasteiger partial charge is 0.416 e. The second kappa shape index (κ2) is 11.5. The Kier molecular flexibility index (Phi) is 8.70. The number of alkyl halides is 7. The van der Waals surface area contributed by atoms with Crippen LogP contribution in [-0.2, 0) is 24.8 Å². The topological polar surface area (TPSA) is 46.0 Å². The molecule has 10 heteroatoms. The highest BCUT2D eigenvalue weighted by atomic mass is 35.5. The van der Waals surface area contributed by atoms with Gasteiger partial charge < -0.3 is 5.11 Å². The maximum Gasteiger partial charge on any atom is 0.416 e. The van der Waals surface area contributed by atoms with Crippen molar-refractivity contribution in [1.29, 1.82) is 0 Å². The van der Waals surface area contributed by atoms with Crippen molar-refractivity contribution in [3.8, 4) is 22.5 Å². The second-order valence-electron chi connectivity index (χ2n) is 7.55. The van der Waals surface area contributed by atoms with E-state index in [0.29, 0.717) is 34.0 Å². The van der Waals surface area contributed by atoms with Gasteiger partial charge in [0.05, 0.1) is 29.1 Å². The van der Waals surface area contributed by atoms with E-state index in [0.717, 1.165) is 29.8 Å². The summed E-state index contributed by atoms with van der Waals surface area (Å²) in [6.07, 6.45) is -5.53. The van der Waals surface area contributed by atoms with Crippen LogP contribution in [0.4, 0.5) is 26.3 Å². The summed E-state index contributed by atoms with van der Waals surface area (Å²) in [5.41, 5.74) is 2.62. The number of aliphatic hydroxyl groups excluding tert-OH is 1. The molecule has 0 amide bonds. The van der Waals surface area contributed by atoms with Gasteiger partial charge in [0.15, 0.2) is 0 Å². The van der Waals surface area contributed by atoms with Gasteiger partial charge in [-0.3, -0.25) is 9.97 Å². The van der Waals surface area contributed by atoms with Crippen LogP contribution >= 0.6 is 11.6 Å². The lowest BCUT2D eigenvalue weighted by molar-refractivity contribution is -0.138. The van der Waals surface area contributed by atoms with Crippen molar-refractivity contribution in [2.75, 3.05) is 0 Å². The number of rotatable bonds is 4. The lowest BCUT2D eigenvalue weighted by Crippen LogP contribution is -2.04. The Morgan fingerprint density at radius 3 is 1.25 bits per heavy atom. The first-order valence-corrected chi connectivity index (χ1v) is 11.0. The predicted molar refractivity (Wildman–Crippen MR) is 125 cm³/mol. The standard InChI is InChI=1S/C13H9ClF3N.C13H10F3NO/c14-7-9-1-6-12(18-8-9)10-2-4-11(5-3-10)13(15,16)17;14-13(15,16)11-4-2-10(3-5-11)12-6-1-9(8-18)7-17-12/h1-6,8H,7H2;1-7,18H,8H2. The van der Waals surface area contributed by atoms with Crippen LogP contribution in [0.3, 0.4) is 0 Å². The smallest absolute Gasteiger partial charge is 0.392 e. The number of hydrogen-bond acceptors (Lipinski definition) is 3. The Hall–Kier alpha value is -3.43. The summed E-state index contributed by atoms with van der Waals surface area (Å²) in [7, 11) is 0. The van der Waals surface area contributed by atoms with Gasteiger partial charge in [-0.05, 0) is 47.5 Å². The minimum absolute atomic E-state index is 0.111. The summed E-state index contributed by atoms with van der Waals surface area (Å²) in [6.45, 7) is -0.111. The molecule has 0 radical (unpaired) electrons. The van der Waals surface area contributed by atoms with Crippen LogP contribution in [0.1, 0.15) is 22.3 Å². The van der Waals surface area contributed by atoms with E-state index < -0.39 is 23.5 Å². The van der Waals surface area contributed by atoms with E-state index in [1.54, 1.807) is 30.5 Å². The summed E-state index contributed by atoms with van der Waals surface area (Å²) in [6, 6.07) is 16.6. The predicted octanol–water partition coefficient (Wildman–Crippen LogP) is 7.77. The van der Waals surface area contributed by atoms with Crippen LogP contribution in [0, 0.1) is 0 Å². The fraction of sp³-hybridized carbons (Fsp3) is 0.154. The van der Waals surface area contributed by atoms with Crippen molar-refractivity contribution in [2.24, 2.45) is 0 Å². The van der Waals surface area contributed by atoms with Gasteiger partial charge in [-0.2, -0.15) is 26.3 Å². The van der Waals surface area contributed by atoms with Crippen LogP contribution in [0.5, 0.6) is 0 Å². The van der Waals surface area contributed by atoms with Gasteiger partial charge in [-0.25, -0.2) is 0 Å². The molecule has 36 heavy (non-hydrogen) atoms. The monoisotopic (exact) mass is 524 g/mol. The number of halogens is 7. The third kappa shape index (κ3) is 7.29. The molecule has 1 N–H and O–H groups in total. The van der Waals surface area contributed by atoms with Crippen LogP contribution < -0.4 is 0 Å². The lowest BCUT2D eigenvalue weighted by atomic mass is 10.1. The SMILES string of the molecule is FC(F)(F)c1ccc(-c2ccc(CCl)cn2)cc1.OCc1ccc(-c2ccc(C(F)(F)F)cc2)nc1. The van der Waals surface area contributed by atoms with Crippen molar-refractivity contribution in [3.05, 3.63) is 107 Å². The van der Waals surface area contributed by atoms with Crippen molar-refractivity contribution in [3.63, 3.8) is 0 Å². The van der Waals surface area contributed by atoms with Crippen LogP contribution in [-0.4, -0.2) is 15.1 Å². The number of pyridine rings is 2. The van der Waals surface area contributed by atoms with E-state index in [4.69, 9.17) is 16.7 Å². The molecular formula is C26H19ClF6N2O. The van der Waals surface area contributed by atoms with E-state index in [9.17, 15) is 26.3 Å².